The van der Waals surface area contributed by atoms with Crippen molar-refractivity contribution in [3.63, 3.8) is 0 Å². The number of nitrogens with zero attached hydrogens (tertiary/aromatic N) is 3. The van der Waals surface area contributed by atoms with E-state index in [2.05, 4.69) is 26.7 Å². The Kier molecular flexibility index (Phi) is 8.09. The second-order valence-electron chi connectivity index (χ2n) is 7.43. The van der Waals surface area contributed by atoms with Crippen LogP contribution in [0.15, 0.2) is 23.9 Å². The zero-order chi connectivity index (χ0) is 21.5. The summed E-state index contributed by atoms with van der Waals surface area (Å²) in [6.45, 7) is 6.35. The van der Waals surface area contributed by atoms with E-state index in [4.69, 9.17) is 4.74 Å². The smallest absolute Gasteiger partial charge is 0.340 e. The van der Waals surface area contributed by atoms with E-state index in [0.717, 1.165) is 17.1 Å². The minimum Gasteiger partial charge on any atom is -0.465 e. The minimum absolute atomic E-state index is 0.177. The molecule has 3 rings (SSSR count). The molecule has 0 spiro atoms. The summed E-state index contributed by atoms with van der Waals surface area (Å²) in [5, 5.41) is 12.8. The van der Waals surface area contributed by atoms with E-state index >= 15 is 0 Å². The molecule has 0 aromatic carbocycles. The van der Waals surface area contributed by atoms with Gasteiger partial charge in [-0.05, 0) is 18.9 Å². The second-order valence-corrected chi connectivity index (χ2v) is 9.63. The molecule has 2 aromatic rings. The van der Waals surface area contributed by atoms with Crippen LogP contribution in [-0.2, 0) is 22.5 Å². The summed E-state index contributed by atoms with van der Waals surface area (Å²) in [7, 11) is 1.33. The highest BCUT2D eigenvalue weighted by atomic mass is 32.2. The molecule has 162 valence electrons. The minimum atomic E-state index is -0.458. The first-order chi connectivity index (χ1) is 14.5. The van der Waals surface area contributed by atoms with Crippen LogP contribution in [0.2, 0.25) is 0 Å². The Morgan fingerprint density at radius 1 is 1.37 bits per heavy atom. The molecule has 9 heteroatoms. The molecular weight excluding hydrogens is 420 g/mol. The number of aromatic nitrogens is 3. The molecular formula is C21H28N4O3S2. The molecule has 0 atom stereocenters. The normalized spacial score (nSPS) is 14.5. The maximum absolute atomic E-state index is 12.5. The maximum Gasteiger partial charge on any atom is 0.340 e. The van der Waals surface area contributed by atoms with Crippen LogP contribution >= 0.6 is 23.1 Å². The number of hydrogen-bond donors (Lipinski definition) is 1. The monoisotopic (exact) mass is 448 g/mol. The fraction of sp³-hybridized carbons (Fsp3) is 0.524. The van der Waals surface area contributed by atoms with Gasteiger partial charge in [0.05, 0.1) is 18.4 Å². The van der Waals surface area contributed by atoms with Crippen LogP contribution in [0.1, 0.15) is 53.2 Å². The van der Waals surface area contributed by atoms with Crippen molar-refractivity contribution >= 4 is 40.0 Å². The first-order valence-corrected chi connectivity index (χ1v) is 12.0. The molecule has 1 aliphatic carbocycles. The number of methoxy groups -OCH3 is 1. The van der Waals surface area contributed by atoms with E-state index in [0.29, 0.717) is 28.2 Å². The van der Waals surface area contributed by atoms with Gasteiger partial charge in [0, 0.05) is 17.8 Å². The number of aryl methyl sites for hydroxylation is 1. The number of thioether (sulfide) groups is 1. The predicted molar refractivity (Wildman–Crippen MR) is 120 cm³/mol. The van der Waals surface area contributed by atoms with Gasteiger partial charge in [-0.25, -0.2) is 4.79 Å². The van der Waals surface area contributed by atoms with Gasteiger partial charge in [0.1, 0.15) is 10.8 Å². The van der Waals surface area contributed by atoms with Crippen molar-refractivity contribution in [2.45, 2.75) is 57.1 Å². The molecule has 0 saturated heterocycles. The third-order valence-corrected chi connectivity index (χ3v) is 7.08. The van der Waals surface area contributed by atoms with Gasteiger partial charge in [-0.3, -0.25) is 4.79 Å². The van der Waals surface area contributed by atoms with Crippen molar-refractivity contribution in [1.29, 1.82) is 0 Å². The highest BCUT2D eigenvalue weighted by Gasteiger charge is 2.21. The van der Waals surface area contributed by atoms with Gasteiger partial charge >= 0.3 is 5.97 Å². The lowest BCUT2D eigenvalue weighted by Gasteiger charge is -2.21. The van der Waals surface area contributed by atoms with E-state index in [1.54, 1.807) is 6.07 Å². The third kappa shape index (κ3) is 5.72. The van der Waals surface area contributed by atoms with Crippen LogP contribution < -0.4 is 5.32 Å². The Morgan fingerprint density at radius 2 is 2.13 bits per heavy atom. The van der Waals surface area contributed by atoms with E-state index < -0.39 is 5.97 Å². The van der Waals surface area contributed by atoms with Crippen molar-refractivity contribution in [3.05, 3.63) is 35.0 Å². The first kappa shape index (κ1) is 22.6. The molecule has 1 aliphatic rings. The Hall–Kier alpha value is -2.13. The summed E-state index contributed by atoms with van der Waals surface area (Å²) in [4.78, 5) is 25.3. The van der Waals surface area contributed by atoms with E-state index in [1.165, 1.54) is 62.3 Å². The van der Waals surface area contributed by atoms with E-state index in [1.807, 2.05) is 13.0 Å². The van der Waals surface area contributed by atoms with Gasteiger partial charge in [0.25, 0.3) is 0 Å². The SMILES string of the molecule is C=CCn1c(CC2CCCCC2)nnc1SCC(=O)Nc1sc(C)cc1C(=O)OC. The zero-order valence-electron chi connectivity index (χ0n) is 17.5. The van der Waals surface area contributed by atoms with Crippen LogP contribution in [0, 0.1) is 12.8 Å². The lowest BCUT2D eigenvalue weighted by Crippen LogP contribution is -2.16. The maximum atomic E-state index is 12.5. The highest BCUT2D eigenvalue weighted by molar-refractivity contribution is 7.99. The quantitative estimate of drug-likeness (QED) is 0.346. The van der Waals surface area contributed by atoms with Gasteiger partial charge in [0.2, 0.25) is 5.91 Å². The van der Waals surface area contributed by atoms with Crippen molar-refractivity contribution in [2.75, 3.05) is 18.2 Å². The van der Waals surface area contributed by atoms with Gasteiger partial charge < -0.3 is 14.6 Å². The second kappa shape index (κ2) is 10.8. The van der Waals surface area contributed by atoms with E-state index in [-0.39, 0.29) is 11.7 Å². The Balaban J connectivity index is 1.63. The van der Waals surface area contributed by atoms with Crippen molar-refractivity contribution in [3.8, 4) is 0 Å². The number of ether oxygens (including phenoxy) is 1. The van der Waals surface area contributed by atoms with Crippen LogP contribution in [0.5, 0.6) is 0 Å². The molecule has 0 radical (unpaired) electrons. The van der Waals surface area contributed by atoms with Crippen molar-refractivity contribution in [2.24, 2.45) is 5.92 Å². The largest absolute Gasteiger partial charge is 0.465 e. The molecule has 7 nitrogen and oxygen atoms in total. The molecule has 1 amide bonds. The number of anilines is 1. The van der Waals surface area contributed by atoms with Gasteiger partial charge in [-0.15, -0.1) is 28.1 Å². The summed E-state index contributed by atoms with van der Waals surface area (Å²) in [6.07, 6.45) is 9.14. The summed E-state index contributed by atoms with van der Waals surface area (Å²) < 4.78 is 6.84. The van der Waals surface area contributed by atoms with Crippen LogP contribution in [0.25, 0.3) is 0 Å². The predicted octanol–water partition coefficient (Wildman–Crippen LogP) is 4.47. The van der Waals surface area contributed by atoms with Crippen molar-refractivity contribution < 1.29 is 14.3 Å². The standard InChI is InChI=1S/C21H28N4O3S2/c1-4-10-25-17(12-15-8-6-5-7-9-15)23-24-21(25)29-13-18(26)22-19-16(20(27)28-3)11-14(2)30-19/h4,11,15H,1,5-10,12-13H2,2-3H3,(H,22,26). The topological polar surface area (TPSA) is 86.1 Å². The number of amides is 1. The number of carbonyl (C=O) groups excluding carboxylic acids is 2. The fourth-order valence-corrected chi connectivity index (χ4v) is 5.38. The number of hydrogen-bond acceptors (Lipinski definition) is 7. The summed E-state index contributed by atoms with van der Waals surface area (Å²) in [5.74, 6) is 1.14. The van der Waals surface area contributed by atoms with Gasteiger partial charge in [0.15, 0.2) is 5.16 Å². The third-order valence-electron chi connectivity index (χ3n) is 5.15. The number of allylic oxidation sites excluding steroid dienone is 1. The number of thiophene rings is 1. The molecule has 1 saturated carbocycles. The Bertz CT molecular complexity index is 900. The Labute approximate surface area is 185 Å². The number of nitrogens with one attached hydrogen (secondary N) is 1. The summed E-state index contributed by atoms with van der Waals surface area (Å²) in [6, 6.07) is 1.72. The van der Waals surface area contributed by atoms with E-state index in [9.17, 15) is 9.59 Å². The fourth-order valence-electron chi connectivity index (χ4n) is 3.70. The number of carbonyl (C=O) groups is 2. The lowest BCUT2D eigenvalue weighted by atomic mass is 9.87. The molecule has 1 N–H and O–H groups in total. The van der Waals surface area contributed by atoms with Crippen LogP contribution in [-0.4, -0.2) is 39.5 Å². The zero-order valence-corrected chi connectivity index (χ0v) is 19.1. The lowest BCUT2D eigenvalue weighted by molar-refractivity contribution is -0.113. The summed E-state index contributed by atoms with van der Waals surface area (Å²) >= 11 is 2.70. The number of esters is 1. The number of rotatable bonds is 9. The molecule has 2 heterocycles. The van der Waals surface area contributed by atoms with Gasteiger partial charge in [-0.2, -0.15) is 0 Å². The van der Waals surface area contributed by atoms with Crippen LogP contribution in [0.4, 0.5) is 5.00 Å². The average molecular weight is 449 g/mol. The summed E-state index contributed by atoms with van der Waals surface area (Å²) in [5.41, 5.74) is 0.378. The Morgan fingerprint density at radius 3 is 2.83 bits per heavy atom. The van der Waals surface area contributed by atoms with Crippen LogP contribution in [0.3, 0.4) is 0 Å². The molecule has 2 aromatic heterocycles. The molecule has 0 bridgehead atoms. The van der Waals surface area contributed by atoms with Crippen molar-refractivity contribution in [1.82, 2.24) is 14.8 Å². The van der Waals surface area contributed by atoms with Gasteiger partial charge in [-0.1, -0.05) is 49.9 Å². The highest BCUT2D eigenvalue weighted by Crippen LogP contribution is 2.30. The molecule has 0 aliphatic heterocycles. The molecule has 30 heavy (non-hydrogen) atoms. The molecule has 0 unspecified atom stereocenters. The molecule has 1 fully saturated rings. The first-order valence-electron chi connectivity index (χ1n) is 10.2. The average Bonchev–Trinajstić information content (AvgIpc) is 3.30.